The molecule has 1 aliphatic heterocycles. The molecule has 2 fully saturated rings. The zero-order valence-electron chi connectivity index (χ0n) is 17.7. The Hall–Kier alpha value is -1.79. The van der Waals surface area contributed by atoms with Crippen LogP contribution in [-0.2, 0) is 11.3 Å². The first kappa shape index (κ1) is 20.9. The maximum atomic E-state index is 6.02. The lowest BCUT2D eigenvalue weighted by molar-refractivity contribution is -0.00834. The molecule has 6 nitrogen and oxygen atoms in total. The molecule has 0 spiro atoms. The van der Waals surface area contributed by atoms with Crippen LogP contribution in [0.15, 0.2) is 29.3 Å². The number of hydrogen-bond donors (Lipinski definition) is 2. The fraction of sp³-hybridized carbons (Fsp3) is 0.682. The van der Waals surface area contributed by atoms with Crippen LogP contribution in [0.4, 0.5) is 0 Å². The summed E-state index contributed by atoms with van der Waals surface area (Å²) in [5, 5.41) is 6.89. The Morgan fingerprint density at radius 3 is 2.68 bits per heavy atom. The summed E-state index contributed by atoms with van der Waals surface area (Å²) in [5.41, 5.74) is 1.18. The van der Waals surface area contributed by atoms with E-state index in [0.29, 0.717) is 6.54 Å². The molecule has 2 N–H and O–H groups in total. The Balaban J connectivity index is 1.57. The zero-order valence-corrected chi connectivity index (χ0v) is 17.7. The average Bonchev–Trinajstić information content (AvgIpc) is 3.54. The van der Waals surface area contributed by atoms with Crippen LogP contribution in [0.1, 0.15) is 39.2 Å². The van der Waals surface area contributed by atoms with E-state index in [1.165, 1.54) is 12.8 Å². The lowest BCUT2D eigenvalue weighted by Gasteiger charge is -2.41. The number of rotatable bonds is 9. The normalized spacial score (nSPS) is 18.8. The van der Waals surface area contributed by atoms with Gasteiger partial charge in [0.1, 0.15) is 5.75 Å². The monoisotopic (exact) mass is 388 g/mol. The highest BCUT2D eigenvalue weighted by Crippen LogP contribution is 2.30. The maximum Gasteiger partial charge on any atom is 0.191 e. The third kappa shape index (κ3) is 6.38. The van der Waals surface area contributed by atoms with E-state index in [-0.39, 0.29) is 5.54 Å². The average molecular weight is 389 g/mol. The summed E-state index contributed by atoms with van der Waals surface area (Å²) in [6.45, 7) is 13.3. The smallest absolute Gasteiger partial charge is 0.191 e. The molecule has 0 aromatic heterocycles. The molecule has 1 aliphatic carbocycles. The van der Waals surface area contributed by atoms with E-state index in [1.54, 1.807) is 0 Å². The molecule has 6 heteroatoms. The molecular weight excluding hydrogens is 352 g/mol. The number of benzene rings is 1. The van der Waals surface area contributed by atoms with Gasteiger partial charge >= 0.3 is 0 Å². The van der Waals surface area contributed by atoms with Crippen molar-refractivity contribution in [2.75, 3.05) is 46.0 Å². The third-order valence-electron chi connectivity index (χ3n) is 5.45. The van der Waals surface area contributed by atoms with E-state index in [1.807, 2.05) is 6.07 Å². The van der Waals surface area contributed by atoms with Crippen LogP contribution in [0.2, 0.25) is 0 Å². The first-order chi connectivity index (χ1) is 13.6. The van der Waals surface area contributed by atoms with Crippen LogP contribution in [0, 0.1) is 5.92 Å². The predicted molar refractivity (Wildman–Crippen MR) is 114 cm³/mol. The quantitative estimate of drug-likeness (QED) is 0.503. The number of morpholine rings is 1. The number of para-hydroxylation sites is 1. The van der Waals surface area contributed by atoms with Gasteiger partial charge in [0.25, 0.3) is 0 Å². The Morgan fingerprint density at radius 2 is 1.96 bits per heavy atom. The van der Waals surface area contributed by atoms with Gasteiger partial charge in [-0.1, -0.05) is 18.2 Å². The first-order valence-corrected chi connectivity index (χ1v) is 10.6. The Labute approximate surface area is 169 Å². The summed E-state index contributed by atoms with van der Waals surface area (Å²) < 4.78 is 11.5. The fourth-order valence-corrected chi connectivity index (χ4v) is 3.35. The van der Waals surface area contributed by atoms with Gasteiger partial charge < -0.3 is 20.1 Å². The van der Waals surface area contributed by atoms with Gasteiger partial charge in [-0.3, -0.25) is 4.90 Å². The van der Waals surface area contributed by atoms with Crippen molar-refractivity contribution in [3.8, 4) is 5.75 Å². The Morgan fingerprint density at radius 1 is 1.21 bits per heavy atom. The zero-order chi connectivity index (χ0) is 19.8. The van der Waals surface area contributed by atoms with Crippen LogP contribution in [0.25, 0.3) is 0 Å². The van der Waals surface area contributed by atoms with Gasteiger partial charge in [-0.05, 0) is 45.6 Å². The van der Waals surface area contributed by atoms with Crippen LogP contribution < -0.4 is 15.4 Å². The molecule has 28 heavy (non-hydrogen) atoms. The van der Waals surface area contributed by atoms with Crippen molar-refractivity contribution < 1.29 is 9.47 Å². The molecule has 1 heterocycles. The third-order valence-corrected chi connectivity index (χ3v) is 5.45. The molecule has 1 aromatic carbocycles. The molecule has 1 saturated carbocycles. The SMILES string of the molecule is CCNC(=NCc1ccccc1OCC1CC1)NCC(C)(C)N1CCOCC1. The minimum absolute atomic E-state index is 0.0469. The van der Waals surface area contributed by atoms with Crippen molar-refractivity contribution in [1.29, 1.82) is 0 Å². The van der Waals surface area contributed by atoms with Gasteiger partial charge in [0.05, 0.1) is 26.4 Å². The van der Waals surface area contributed by atoms with Crippen LogP contribution in [-0.4, -0.2) is 62.4 Å². The van der Waals surface area contributed by atoms with Crippen LogP contribution >= 0.6 is 0 Å². The maximum absolute atomic E-state index is 6.02. The second kappa shape index (κ2) is 10.1. The van der Waals surface area contributed by atoms with Gasteiger partial charge in [-0.15, -0.1) is 0 Å². The number of guanidine groups is 1. The molecule has 0 atom stereocenters. The number of aliphatic imine (C=N–C) groups is 1. The van der Waals surface area contributed by atoms with Crippen molar-refractivity contribution in [2.45, 2.75) is 45.7 Å². The highest BCUT2D eigenvalue weighted by molar-refractivity contribution is 5.79. The van der Waals surface area contributed by atoms with E-state index in [4.69, 9.17) is 14.5 Å². The highest BCUT2D eigenvalue weighted by Gasteiger charge is 2.28. The molecule has 0 radical (unpaired) electrons. The predicted octanol–water partition coefficient (Wildman–Crippen LogP) is 2.64. The molecule has 2 aliphatic rings. The van der Waals surface area contributed by atoms with Gasteiger partial charge in [-0.25, -0.2) is 4.99 Å². The van der Waals surface area contributed by atoms with E-state index < -0.39 is 0 Å². The van der Waals surface area contributed by atoms with Crippen molar-refractivity contribution >= 4 is 5.96 Å². The van der Waals surface area contributed by atoms with Crippen LogP contribution in [0.5, 0.6) is 5.75 Å². The minimum Gasteiger partial charge on any atom is -0.493 e. The lowest BCUT2D eigenvalue weighted by Crippen LogP contribution is -2.56. The molecule has 1 saturated heterocycles. The van der Waals surface area contributed by atoms with Gasteiger partial charge in [0.15, 0.2) is 5.96 Å². The van der Waals surface area contributed by atoms with E-state index in [2.05, 4.69) is 54.5 Å². The molecule has 3 rings (SSSR count). The topological polar surface area (TPSA) is 58.1 Å². The molecule has 0 bridgehead atoms. The van der Waals surface area contributed by atoms with Gasteiger partial charge in [0.2, 0.25) is 0 Å². The van der Waals surface area contributed by atoms with E-state index in [9.17, 15) is 0 Å². The minimum atomic E-state index is 0.0469. The molecule has 156 valence electrons. The van der Waals surface area contributed by atoms with Gasteiger partial charge in [0, 0.05) is 37.3 Å². The first-order valence-electron chi connectivity index (χ1n) is 10.6. The number of ether oxygens (including phenoxy) is 2. The van der Waals surface area contributed by atoms with Crippen molar-refractivity contribution in [2.24, 2.45) is 10.9 Å². The summed E-state index contributed by atoms with van der Waals surface area (Å²) >= 11 is 0. The Kier molecular flexibility index (Phi) is 7.57. The summed E-state index contributed by atoms with van der Waals surface area (Å²) in [6.07, 6.45) is 2.60. The standard InChI is InChI=1S/C22H36N4O2/c1-4-23-21(25-17-22(2,3)26-11-13-27-14-12-26)24-15-19-7-5-6-8-20(19)28-16-18-9-10-18/h5-8,18H,4,9-17H2,1-3H3,(H2,23,24,25). The van der Waals surface area contributed by atoms with E-state index >= 15 is 0 Å². The van der Waals surface area contributed by atoms with Gasteiger partial charge in [-0.2, -0.15) is 0 Å². The second-order valence-corrected chi connectivity index (χ2v) is 8.32. The largest absolute Gasteiger partial charge is 0.493 e. The molecule has 0 amide bonds. The summed E-state index contributed by atoms with van der Waals surface area (Å²) in [6, 6.07) is 8.24. The molecular formula is C22H36N4O2. The summed E-state index contributed by atoms with van der Waals surface area (Å²) in [4.78, 5) is 7.29. The van der Waals surface area contributed by atoms with Crippen molar-refractivity contribution in [1.82, 2.24) is 15.5 Å². The molecule has 0 unspecified atom stereocenters. The number of hydrogen-bond acceptors (Lipinski definition) is 4. The molecule has 1 aromatic rings. The van der Waals surface area contributed by atoms with Crippen LogP contribution in [0.3, 0.4) is 0 Å². The number of nitrogens with one attached hydrogen (secondary N) is 2. The van der Waals surface area contributed by atoms with Crippen molar-refractivity contribution in [3.63, 3.8) is 0 Å². The second-order valence-electron chi connectivity index (χ2n) is 8.32. The van der Waals surface area contributed by atoms with Crippen molar-refractivity contribution in [3.05, 3.63) is 29.8 Å². The Bertz CT molecular complexity index is 637. The summed E-state index contributed by atoms with van der Waals surface area (Å²) in [5.74, 6) is 2.56. The fourth-order valence-electron chi connectivity index (χ4n) is 3.35. The van der Waals surface area contributed by atoms with E-state index in [0.717, 1.165) is 69.2 Å². The lowest BCUT2D eigenvalue weighted by atomic mass is 10.0. The summed E-state index contributed by atoms with van der Waals surface area (Å²) in [7, 11) is 0. The highest BCUT2D eigenvalue weighted by atomic mass is 16.5. The number of nitrogens with zero attached hydrogens (tertiary/aromatic N) is 2.